The molecule has 1 heterocycles. The number of rotatable bonds is 8. The summed E-state index contributed by atoms with van der Waals surface area (Å²) in [5.74, 6) is -0.106. The summed E-state index contributed by atoms with van der Waals surface area (Å²) < 4.78 is 34.6. The number of nitriles is 1. The third-order valence-electron chi connectivity index (χ3n) is 4.80. The number of halogens is 2. The summed E-state index contributed by atoms with van der Waals surface area (Å²) in [6.07, 6.45) is 0.514. The van der Waals surface area contributed by atoms with Crippen LogP contribution in [-0.4, -0.2) is 36.6 Å². The molecule has 0 fully saturated rings. The molecule has 0 aliphatic heterocycles. The molecule has 30 heavy (non-hydrogen) atoms. The van der Waals surface area contributed by atoms with Gasteiger partial charge in [-0.05, 0) is 49.1 Å². The number of methoxy groups -OCH3 is 1. The van der Waals surface area contributed by atoms with Gasteiger partial charge in [0.2, 0.25) is 5.91 Å². The van der Waals surface area contributed by atoms with Gasteiger partial charge in [0.1, 0.15) is 11.6 Å². The highest BCUT2D eigenvalue weighted by Gasteiger charge is 2.17. The molecule has 0 aliphatic carbocycles. The molecule has 0 saturated heterocycles. The van der Waals surface area contributed by atoms with E-state index >= 15 is 0 Å². The molecule has 0 spiro atoms. The van der Waals surface area contributed by atoms with Gasteiger partial charge in [-0.25, -0.2) is 0 Å². The smallest absolute Gasteiger partial charge is 0.387 e. The minimum absolute atomic E-state index is 0.0428. The number of amides is 1. The quantitative estimate of drug-likeness (QED) is 0.710. The van der Waals surface area contributed by atoms with Crippen molar-refractivity contribution in [3.63, 3.8) is 0 Å². The van der Waals surface area contributed by atoms with Gasteiger partial charge in [-0.1, -0.05) is 6.07 Å². The van der Waals surface area contributed by atoms with E-state index in [9.17, 15) is 18.4 Å². The molecule has 0 unspecified atom stereocenters. The molecular weight excluding hydrogens is 396 g/mol. The van der Waals surface area contributed by atoms with Crippen LogP contribution >= 0.6 is 0 Å². The normalized spacial score (nSPS) is 10.6. The van der Waals surface area contributed by atoms with Crippen molar-refractivity contribution in [2.45, 2.75) is 39.8 Å². The fraction of sp³-hybridized carbons (Fsp3) is 0.381. The second-order valence-electron chi connectivity index (χ2n) is 6.78. The second-order valence-corrected chi connectivity index (χ2v) is 6.78. The van der Waals surface area contributed by atoms with Gasteiger partial charge in [0.25, 0.3) is 5.56 Å². The molecule has 1 aromatic heterocycles. The number of hydrogen-bond acceptors (Lipinski definition) is 5. The molecule has 1 amide bonds. The van der Waals surface area contributed by atoms with E-state index in [1.54, 1.807) is 27.0 Å². The van der Waals surface area contributed by atoms with Crippen LogP contribution in [0.2, 0.25) is 0 Å². The van der Waals surface area contributed by atoms with Gasteiger partial charge in [-0.2, -0.15) is 14.0 Å². The molecule has 7 nitrogen and oxygen atoms in total. The lowest BCUT2D eigenvalue weighted by Gasteiger charge is -2.19. The van der Waals surface area contributed by atoms with Crippen molar-refractivity contribution in [3.05, 3.63) is 56.5 Å². The van der Waals surface area contributed by atoms with Crippen molar-refractivity contribution < 1.29 is 23.0 Å². The Bertz CT molecular complexity index is 1030. The number of pyridine rings is 1. The van der Waals surface area contributed by atoms with Crippen LogP contribution in [0.3, 0.4) is 0 Å². The van der Waals surface area contributed by atoms with Crippen molar-refractivity contribution in [1.82, 2.24) is 9.88 Å². The predicted octanol–water partition coefficient (Wildman–Crippen LogP) is 3.06. The Morgan fingerprint density at radius 3 is 2.60 bits per heavy atom. The zero-order chi connectivity index (χ0) is 22.4. The summed E-state index contributed by atoms with van der Waals surface area (Å²) in [6, 6.07) is 6.46. The number of benzene rings is 1. The van der Waals surface area contributed by atoms with Gasteiger partial charge < -0.3 is 19.4 Å². The molecule has 0 atom stereocenters. The molecule has 0 bridgehead atoms. The third kappa shape index (κ3) is 5.35. The molecular formula is C21H23F2N3O4. The summed E-state index contributed by atoms with van der Waals surface area (Å²) in [4.78, 5) is 28.5. The number of ether oxygens (including phenoxy) is 2. The Kier molecular flexibility index (Phi) is 7.53. The van der Waals surface area contributed by atoms with Crippen LogP contribution in [0.25, 0.3) is 0 Å². The maximum absolute atomic E-state index is 12.6. The van der Waals surface area contributed by atoms with E-state index < -0.39 is 12.2 Å². The van der Waals surface area contributed by atoms with Gasteiger partial charge in [-0.3, -0.25) is 9.59 Å². The SMILES string of the molecule is COc1ccc(CN(C)C(=O)CCc2c(C)[nH]c(=O)c(C#N)c2C)cc1OC(F)F. The van der Waals surface area contributed by atoms with Gasteiger partial charge in [-0.15, -0.1) is 0 Å². The first-order chi connectivity index (χ1) is 14.2. The summed E-state index contributed by atoms with van der Waals surface area (Å²) in [6.45, 7) is 0.610. The molecule has 0 radical (unpaired) electrons. The van der Waals surface area contributed by atoms with E-state index in [-0.39, 0.29) is 35.9 Å². The fourth-order valence-electron chi connectivity index (χ4n) is 3.21. The van der Waals surface area contributed by atoms with Crippen molar-refractivity contribution in [1.29, 1.82) is 5.26 Å². The minimum Gasteiger partial charge on any atom is -0.493 e. The van der Waals surface area contributed by atoms with Gasteiger partial charge in [0, 0.05) is 25.7 Å². The van der Waals surface area contributed by atoms with E-state index in [2.05, 4.69) is 9.72 Å². The monoisotopic (exact) mass is 419 g/mol. The van der Waals surface area contributed by atoms with Crippen LogP contribution in [0.15, 0.2) is 23.0 Å². The topological polar surface area (TPSA) is 95.4 Å². The Hall–Kier alpha value is -3.41. The van der Waals surface area contributed by atoms with Crippen molar-refractivity contribution in [2.75, 3.05) is 14.2 Å². The zero-order valence-electron chi connectivity index (χ0n) is 17.2. The maximum Gasteiger partial charge on any atom is 0.387 e. The van der Waals surface area contributed by atoms with Gasteiger partial charge in [0.15, 0.2) is 11.5 Å². The number of carbonyl (C=O) groups is 1. The number of hydrogen-bond donors (Lipinski definition) is 1. The van der Waals surface area contributed by atoms with Crippen LogP contribution in [0, 0.1) is 25.2 Å². The largest absolute Gasteiger partial charge is 0.493 e. The van der Waals surface area contributed by atoms with Crippen molar-refractivity contribution in [3.8, 4) is 17.6 Å². The number of nitrogens with one attached hydrogen (secondary N) is 1. The molecule has 2 aromatic rings. The lowest BCUT2D eigenvalue weighted by Crippen LogP contribution is -2.27. The van der Waals surface area contributed by atoms with E-state index in [1.165, 1.54) is 24.1 Å². The average molecular weight is 419 g/mol. The molecule has 2 rings (SSSR count). The zero-order valence-corrected chi connectivity index (χ0v) is 17.2. The molecule has 0 saturated carbocycles. The molecule has 160 valence electrons. The Balaban J connectivity index is 2.09. The molecule has 1 N–H and O–H groups in total. The van der Waals surface area contributed by atoms with Crippen LogP contribution in [0.5, 0.6) is 11.5 Å². The van der Waals surface area contributed by atoms with E-state index in [0.717, 1.165) is 5.56 Å². The van der Waals surface area contributed by atoms with E-state index in [1.807, 2.05) is 6.07 Å². The molecule has 9 heteroatoms. The number of carbonyl (C=O) groups excluding carboxylic acids is 1. The Morgan fingerprint density at radius 1 is 1.30 bits per heavy atom. The number of alkyl halides is 2. The highest BCUT2D eigenvalue weighted by atomic mass is 19.3. The number of H-pyrrole nitrogens is 1. The fourth-order valence-corrected chi connectivity index (χ4v) is 3.21. The predicted molar refractivity (Wildman–Crippen MR) is 106 cm³/mol. The van der Waals surface area contributed by atoms with Gasteiger partial charge >= 0.3 is 6.61 Å². The number of aromatic amines is 1. The van der Waals surface area contributed by atoms with Crippen molar-refractivity contribution >= 4 is 5.91 Å². The van der Waals surface area contributed by atoms with Crippen LogP contribution in [0.4, 0.5) is 8.78 Å². The maximum atomic E-state index is 12.6. The van der Waals surface area contributed by atoms with E-state index in [0.29, 0.717) is 23.2 Å². The summed E-state index contributed by atoms with van der Waals surface area (Å²) >= 11 is 0. The number of aryl methyl sites for hydroxylation is 1. The molecule has 0 aliphatic rings. The van der Waals surface area contributed by atoms with E-state index in [4.69, 9.17) is 10.00 Å². The average Bonchev–Trinajstić information content (AvgIpc) is 2.67. The van der Waals surface area contributed by atoms with Gasteiger partial charge in [0.05, 0.1) is 7.11 Å². The second kappa shape index (κ2) is 9.87. The summed E-state index contributed by atoms with van der Waals surface area (Å²) in [5, 5.41) is 9.15. The highest BCUT2D eigenvalue weighted by molar-refractivity contribution is 5.76. The first-order valence-corrected chi connectivity index (χ1v) is 9.16. The van der Waals surface area contributed by atoms with Crippen molar-refractivity contribution in [2.24, 2.45) is 0 Å². The lowest BCUT2D eigenvalue weighted by atomic mass is 9.99. The summed E-state index contributed by atoms with van der Waals surface area (Å²) in [7, 11) is 2.95. The Labute approximate surface area is 172 Å². The first kappa shape index (κ1) is 22.9. The minimum atomic E-state index is -2.99. The van der Waals surface area contributed by atoms with Crippen LogP contribution < -0.4 is 15.0 Å². The Morgan fingerprint density at radius 2 is 2.00 bits per heavy atom. The van der Waals surface area contributed by atoms with Crippen LogP contribution in [-0.2, 0) is 17.8 Å². The standard InChI is InChI=1S/C21H23F2N3O4/c1-12-15(13(2)25-20(28)16(12)10-24)6-8-19(27)26(3)11-14-5-7-17(29-4)18(9-14)30-21(22)23/h5,7,9,21H,6,8,11H2,1-4H3,(H,25,28). The first-order valence-electron chi connectivity index (χ1n) is 9.16. The van der Waals surface area contributed by atoms with Crippen LogP contribution in [0.1, 0.15) is 34.4 Å². The summed E-state index contributed by atoms with van der Waals surface area (Å²) in [5.41, 5.74) is 2.15. The highest BCUT2D eigenvalue weighted by Crippen LogP contribution is 2.30. The third-order valence-corrected chi connectivity index (χ3v) is 4.80. The number of nitrogens with zero attached hydrogens (tertiary/aromatic N) is 2. The molecule has 1 aromatic carbocycles. The lowest BCUT2D eigenvalue weighted by molar-refractivity contribution is -0.130. The number of aromatic nitrogens is 1.